The SMILES string of the molecule is COCC(=O)OCC1CN(CC(=O)c2cc(OC)ccc2OC)C(=O)O1. The molecular weight excluding hydrogens is 346 g/mol. The highest BCUT2D eigenvalue weighted by molar-refractivity contribution is 6.01. The van der Waals surface area contributed by atoms with Crippen molar-refractivity contribution in [2.75, 3.05) is 47.6 Å². The van der Waals surface area contributed by atoms with Crippen molar-refractivity contribution < 1.29 is 38.1 Å². The molecule has 1 heterocycles. The van der Waals surface area contributed by atoms with E-state index in [1.165, 1.54) is 26.2 Å². The fourth-order valence-electron chi connectivity index (χ4n) is 2.43. The summed E-state index contributed by atoms with van der Waals surface area (Å²) in [6.45, 7) is -0.332. The molecule has 142 valence electrons. The number of esters is 1. The zero-order valence-corrected chi connectivity index (χ0v) is 14.9. The lowest BCUT2D eigenvalue weighted by Gasteiger charge is -2.14. The Bertz CT molecular complexity index is 675. The van der Waals surface area contributed by atoms with Crippen molar-refractivity contribution >= 4 is 17.8 Å². The van der Waals surface area contributed by atoms with Crippen LogP contribution >= 0.6 is 0 Å². The molecule has 26 heavy (non-hydrogen) atoms. The highest BCUT2D eigenvalue weighted by Gasteiger charge is 2.34. The van der Waals surface area contributed by atoms with E-state index in [1.807, 2.05) is 0 Å². The number of methoxy groups -OCH3 is 3. The number of hydrogen-bond donors (Lipinski definition) is 0. The molecule has 0 radical (unpaired) electrons. The quantitative estimate of drug-likeness (QED) is 0.469. The lowest BCUT2D eigenvalue weighted by atomic mass is 10.1. The Morgan fingerprint density at radius 2 is 2.00 bits per heavy atom. The van der Waals surface area contributed by atoms with Crippen LogP contribution < -0.4 is 9.47 Å². The number of ether oxygens (including phenoxy) is 5. The third-order valence-electron chi connectivity index (χ3n) is 3.68. The first-order valence-corrected chi connectivity index (χ1v) is 7.83. The Hall–Kier alpha value is -2.81. The van der Waals surface area contributed by atoms with E-state index in [0.717, 1.165) is 0 Å². The first-order valence-electron chi connectivity index (χ1n) is 7.83. The summed E-state index contributed by atoms with van der Waals surface area (Å²) in [6, 6.07) is 4.84. The van der Waals surface area contributed by atoms with Gasteiger partial charge in [0.1, 0.15) is 24.7 Å². The maximum absolute atomic E-state index is 12.6. The van der Waals surface area contributed by atoms with E-state index >= 15 is 0 Å². The molecule has 1 amide bonds. The Morgan fingerprint density at radius 1 is 1.23 bits per heavy atom. The van der Waals surface area contributed by atoms with Gasteiger partial charge in [-0.15, -0.1) is 0 Å². The van der Waals surface area contributed by atoms with Crippen LogP contribution in [0.1, 0.15) is 10.4 Å². The predicted molar refractivity (Wildman–Crippen MR) is 88.6 cm³/mol. The molecular formula is C17H21NO8. The highest BCUT2D eigenvalue weighted by Crippen LogP contribution is 2.25. The molecule has 0 aliphatic carbocycles. The van der Waals surface area contributed by atoms with Gasteiger partial charge in [0.2, 0.25) is 0 Å². The van der Waals surface area contributed by atoms with Crippen LogP contribution in [-0.2, 0) is 19.0 Å². The molecule has 1 atom stereocenters. The van der Waals surface area contributed by atoms with Gasteiger partial charge in [0, 0.05) is 7.11 Å². The molecule has 1 aromatic carbocycles. The van der Waals surface area contributed by atoms with E-state index < -0.39 is 18.2 Å². The molecule has 2 rings (SSSR count). The molecule has 0 spiro atoms. The minimum absolute atomic E-state index is 0.0961. The number of nitrogens with zero attached hydrogens (tertiary/aromatic N) is 1. The van der Waals surface area contributed by atoms with Crippen molar-refractivity contribution in [3.05, 3.63) is 23.8 Å². The summed E-state index contributed by atoms with van der Waals surface area (Å²) in [7, 11) is 4.31. The Morgan fingerprint density at radius 3 is 2.65 bits per heavy atom. The van der Waals surface area contributed by atoms with Gasteiger partial charge in [0.15, 0.2) is 11.9 Å². The zero-order chi connectivity index (χ0) is 19.1. The summed E-state index contributed by atoms with van der Waals surface area (Å²) in [5, 5.41) is 0. The smallest absolute Gasteiger partial charge is 0.410 e. The van der Waals surface area contributed by atoms with Gasteiger partial charge in [0.25, 0.3) is 0 Å². The van der Waals surface area contributed by atoms with Crippen molar-refractivity contribution in [1.82, 2.24) is 4.90 Å². The van der Waals surface area contributed by atoms with Crippen LogP contribution in [0.25, 0.3) is 0 Å². The number of ketones is 1. The second kappa shape index (κ2) is 9.04. The average molecular weight is 367 g/mol. The summed E-state index contributed by atoms with van der Waals surface area (Å²) < 4.78 is 25.0. The molecule has 1 aromatic rings. The maximum atomic E-state index is 12.6. The second-order valence-electron chi connectivity index (χ2n) is 5.49. The third kappa shape index (κ3) is 4.85. The van der Waals surface area contributed by atoms with Gasteiger partial charge in [-0.25, -0.2) is 9.59 Å². The van der Waals surface area contributed by atoms with Gasteiger partial charge >= 0.3 is 12.1 Å². The van der Waals surface area contributed by atoms with E-state index in [9.17, 15) is 14.4 Å². The Balaban J connectivity index is 1.97. The van der Waals surface area contributed by atoms with Crippen LogP contribution in [0, 0.1) is 0 Å². The fourth-order valence-corrected chi connectivity index (χ4v) is 2.43. The van der Waals surface area contributed by atoms with Crippen LogP contribution in [0.5, 0.6) is 11.5 Å². The number of hydrogen-bond acceptors (Lipinski definition) is 8. The molecule has 0 aromatic heterocycles. The van der Waals surface area contributed by atoms with Gasteiger partial charge < -0.3 is 23.7 Å². The van der Waals surface area contributed by atoms with Gasteiger partial charge in [0.05, 0.1) is 32.9 Å². The molecule has 0 N–H and O–H groups in total. The van der Waals surface area contributed by atoms with Crippen molar-refractivity contribution in [2.45, 2.75) is 6.10 Å². The highest BCUT2D eigenvalue weighted by atomic mass is 16.6. The normalized spacial score (nSPS) is 16.2. The summed E-state index contributed by atoms with van der Waals surface area (Å²) >= 11 is 0. The third-order valence-corrected chi connectivity index (χ3v) is 3.68. The Kier molecular flexibility index (Phi) is 6.79. The monoisotopic (exact) mass is 367 g/mol. The molecule has 0 bridgehead atoms. The molecule has 1 aliphatic heterocycles. The summed E-state index contributed by atoms with van der Waals surface area (Å²) in [5.74, 6) is 0.00316. The van der Waals surface area contributed by atoms with E-state index in [0.29, 0.717) is 17.1 Å². The minimum Gasteiger partial charge on any atom is -0.497 e. The van der Waals surface area contributed by atoms with Gasteiger partial charge in [-0.2, -0.15) is 0 Å². The number of carbonyl (C=O) groups excluding carboxylic acids is 3. The number of Topliss-reactive ketones (excluding diaryl/α,β-unsaturated/α-hetero) is 1. The minimum atomic E-state index is -0.645. The first-order chi connectivity index (χ1) is 12.5. The largest absolute Gasteiger partial charge is 0.497 e. The second-order valence-corrected chi connectivity index (χ2v) is 5.49. The molecule has 1 saturated heterocycles. The van der Waals surface area contributed by atoms with Crippen molar-refractivity contribution in [2.24, 2.45) is 0 Å². The molecule has 0 saturated carbocycles. The Labute approximate surface area is 150 Å². The lowest BCUT2D eigenvalue weighted by molar-refractivity contribution is -0.150. The van der Waals surface area contributed by atoms with Crippen LogP contribution in [0.4, 0.5) is 4.79 Å². The summed E-state index contributed by atoms with van der Waals surface area (Å²) in [5.41, 5.74) is 0.301. The molecule has 1 unspecified atom stereocenters. The van der Waals surface area contributed by atoms with Crippen LogP contribution in [-0.4, -0.2) is 76.5 Å². The maximum Gasteiger partial charge on any atom is 0.410 e. The van der Waals surface area contributed by atoms with Crippen molar-refractivity contribution in [1.29, 1.82) is 0 Å². The fraction of sp³-hybridized carbons (Fsp3) is 0.471. The van der Waals surface area contributed by atoms with E-state index in [-0.39, 0.29) is 32.1 Å². The number of benzene rings is 1. The summed E-state index contributed by atoms with van der Waals surface area (Å²) in [4.78, 5) is 37.0. The van der Waals surface area contributed by atoms with Crippen LogP contribution in [0.3, 0.4) is 0 Å². The van der Waals surface area contributed by atoms with Crippen LogP contribution in [0.2, 0.25) is 0 Å². The molecule has 9 heteroatoms. The van der Waals surface area contributed by atoms with Gasteiger partial charge in [-0.05, 0) is 18.2 Å². The zero-order valence-electron chi connectivity index (χ0n) is 14.9. The lowest BCUT2D eigenvalue weighted by Crippen LogP contribution is -2.32. The van der Waals surface area contributed by atoms with Crippen molar-refractivity contribution in [3.63, 3.8) is 0 Å². The van der Waals surface area contributed by atoms with E-state index in [2.05, 4.69) is 4.74 Å². The van der Waals surface area contributed by atoms with Crippen LogP contribution in [0.15, 0.2) is 18.2 Å². The topological polar surface area (TPSA) is 101 Å². The molecule has 1 fully saturated rings. The standard InChI is InChI=1S/C17H21NO8/c1-22-10-16(20)25-9-12-7-18(17(21)26-12)8-14(19)13-6-11(23-2)4-5-15(13)24-3/h4-6,12H,7-10H2,1-3H3. The number of amides is 1. The molecule has 1 aliphatic rings. The summed E-state index contributed by atoms with van der Waals surface area (Å²) in [6.07, 6.45) is -1.28. The van der Waals surface area contributed by atoms with Crippen molar-refractivity contribution in [3.8, 4) is 11.5 Å². The average Bonchev–Trinajstić information content (AvgIpc) is 2.99. The number of carbonyl (C=O) groups is 3. The molecule has 9 nitrogen and oxygen atoms in total. The predicted octanol–water partition coefficient (Wildman–Crippen LogP) is 0.897. The number of cyclic esters (lactones) is 1. The van der Waals surface area contributed by atoms with E-state index in [4.69, 9.17) is 18.9 Å². The number of rotatable bonds is 9. The first kappa shape index (κ1) is 19.5. The van der Waals surface area contributed by atoms with E-state index in [1.54, 1.807) is 18.2 Å². The van der Waals surface area contributed by atoms with Gasteiger partial charge in [-0.3, -0.25) is 9.69 Å². The van der Waals surface area contributed by atoms with Gasteiger partial charge in [-0.1, -0.05) is 0 Å².